The van der Waals surface area contributed by atoms with Gasteiger partial charge in [-0.25, -0.2) is 8.42 Å². The first-order valence-corrected chi connectivity index (χ1v) is 11.2. The lowest BCUT2D eigenvalue weighted by molar-refractivity contribution is 0.284. The minimum Gasteiger partial charge on any atom is -0.497 e. The molecule has 0 aromatic heterocycles. The average Bonchev–Trinajstić information content (AvgIpc) is 2.76. The van der Waals surface area contributed by atoms with Crippen LogP contribution < -0.4 is 18.9 Å². The van der Waals surface area contributed by atoms with Gasteiger partial charge >= 0.3 is 0 Å². The summed E-state index contributed by atoms with van der Waals surface area (Å²) in [4.78, 5) is 0. The van der Waals surface area contributed by atoms with E-state index in [1.54, 1.807) is 49.6 Å². The molecular formula is C23H22ClNO5S. The zero-order valence-electron chi connectivity index (χ0n) is 17.0. The molecule has 0 atom stereocenters. The van der Waals surface area contributed by atoms with Crippen molar-refractivity contribution in [2.45, 2.75) is 6.61 Å². The Kier molecular flexibility index (Phi) is 7.44. The Balaban J connectivity index is 1.74. The number of rotatable bonds is 9. The maximum atomic E-state index is 12.5. The molecule has 3 rings (SSSR count). The van der Waals surface area contributed by atoms with Gasteiger partial charge in [0, 0.05) is 11.1 Å². The Bertz CT molecular complexity index is 1180. The van der Waals surface area contributed by atoms with Crippen LogP contribution in [0.1, 0.15) is 11.1 Å². The predicted octanol–water partition coefficient (Wildman–Crippen LogP) is 5.35. The molecule has 0 aliphatic carbocycles. The molecular weight excluding hydrogens is 438 g/mol. The normalized spacial score (nSPS) is 11.3. The number of ether oxygens (including phenoxy) is 3. The first kappa shape index (κ1) is 22.5. The van der Waals surface area contributed by atoms with Crippen LogP contribution in [0.4, 0.5) is 5.69 Å². The van der Waals surface area contributed by atoms with Gasteiger partial charge in [-0.05, 0) is 53.6 Å². The van der Waals surface area contributed by atoms with E-state index in [2.05, 4.69) is 4.72 Å². The van der Waals surface area contributed by atoms with Gasteiger partial charge in [-0.2, -0.15) is 0 Å². The monoisotopic (exact) mass is 459 g/mol. The van der Waals surface area contributed by atoms with Crippen LogP contribution in [-0.2, 0) is 16.6 Å². The molecule has 3 aromatic rings. The largest absolute Gasteiger partial charge is 0.497 e. The van der Waals surface area contributed by atoms with Crippen molar-refractivity contribution in [2.24, 2.45) is 0 Å². The first-order valence-electron chi connectivity index (χ1n) is 9.29. The summed E-state index contributed by atoms with van der Waals surface area (Å²) in [5.74, 6) is 1.62. The third kappa shape index (κ3) is 6.67. The highest BCUT2D eigenvalue weighted by Crippen LogP contribution is 2.31. The van der Waals surface area contributed by atoms with Crippen molar-refractivity contribution in [3.63, 3.8) is 0 Å². The van der Waals surface area contributed by atoms with E-state index in [0.29, 0.717) is 27.8 Å². The maximum Gasteiger partial charge on any atom is 0.255 e. The number of hydrogen-bond donors (Lipinski definition) is 1. The Morgan fingerprint density at radius 1 is 0.935 bits per heavy atom. The topological polar surface area (TPSA) is 73.9 Å². The standard InChI is InChI=1S/C23H22ClNO5S/c1-28-21-8-4-6-18(14-21)16-30-23-15-20(9-10-22(23)29-2)25-31(26,27)12-11-17-5-3-7-19(24)13-17/h3-15,25H,16H2,1-2H3. The predicted molar refractivity (Wildman–Crippen MR) is 123 cm³/mol. The summed E-state index contributed by atoms with van der Waals surface area (Å²) in [5.41, 5.74) is 1.92. The molecule has 1 N–H and O–H groups in total. The number of anilines is 1. The molecule has 6 nitrogen and oxygen atoms in total. The first-order chi connectivity index (χ1) is 14.9. The highest BCUT2D eigenvalue weighted by atomic mass is 35.5. The fourth-order valence-electron chi connectivity index (χ4n) is 2.75. The van der Waals surface area contributed by atoms with E-state index in [4.69, 9.17) is 25.8 Å². The lowest BCUT2D eigenvalue weighted by Crippen LogP contribution is -2.09. The Labute approximate surface area is 187 Å². The smallest absolute Gasteiger partial charge is 0.255 e. The van der Waals surface area contributed by atoms with Gasteiger partial charge in [0.2, 0.25) is 0 Å². The van der Waals surface area contributed by atoms with E-state index in [0.717, 1.165) is 16.7 Å². The van der Waals surface area contributed by atoms with Gasteiger partial charge in [0.15, 0.2) is 11.5 Å². The van der Waals surface area contributed by atoms with E-state index in [9.17, 15) is 8.42 Å². The Morgan fingerprint density at radius 3 is 2.48 bits per heavy atom. The van der Waals surface area contributed by atoms with Crippen molar-refractivity contribution in [1.82, 2.24) is 0 Å². The van der Waals surface area contributed by atoms with E-state index >= 15 is 0 Å². The molecule has 0 unspecified atom stereocenters. The second-order valence-corrected chi connectivity index (χ2v) is 8.51. The molecule has 0 radical (unpaired) electrons. The van der Waals surface area contributed by atoms with Crippen molar-refractivity contribution in [3.05, 3.63) is 88.3 Å². The average molecular weight is 460 g/mol. The lowest BCUT2D eigenvalue weighted by atomic mass is 10.2. The van der Waals surface area contributed by atoms with E-state index in [1.165, 1.54) is 13.2 Å². The number of hydrogen-bond acceptors (Lipinski definition) is 5. The molecule has 0 aliphatic heterocycles. The van der Waals surface area contributed by atoms with Crippen molar-refractivity contribution in [1.29, 1.82) is 0 Å². The van der Waals surface area contributed by atoms with E-state index in [1.807, 2.05) is 24.3 Å². The molecule has 0 aliphatic rings. The third-order valence-electron chi connectivity index (χ3n) is 4.24. The molecule has 162 valence electrons. The summed E-state index contributed by atoms with van der Waals surface area (Å²) in [6.07, 6.45) is 1.47. The van der Waals surface area contributed by atoms with Crippen LogP contribution in [0.5, 0.6) is 17.2 Å². The Morgan fingerprint density at radius 2 is 1.74 bits per heavy atom. The van der Waals surface area contributed by atoms with Crippen molar-refractivity contribution in [3.8, 4) is 17.2 Å². The summed E-state index contributed by atoms with van der Waals surface area (Å²) in [5, 5.41) is 1.61. The van der Waals surface area contributed by atoms with Crippen LogP contribution in [0.25, 0.3) is 6.08 Å². The molecule has 31 heavy (non-hydrogen) atoms. The fraction of sp³-hybridized carbons (Fsp3) is 0.130. The molecule has 0 amide bonds. The number of benzene rings is 3. The molecule has 0 spiro atoms. The van der Waals surface area contributed by atoms with Gasteiger partial charge in [-0.15, -0.1) is 0 Å². The minimum absolute atomic E-state index is 0.262. The maximum absolute atomic E-state index is 12.5. The quantitative estimate of drug-likeness (QED) is 0.467. The molecule has 0 saturated carbocycles. The van der Waals surface area contributed by atoms with Gasteiger partial charge in [-0.1, -0.05) is 35.9 Å². The van der Waals surface area contributed by atoms with Crippen LogP contribution in [0, 0.1) is 0 Å². The zero-order chi connectivity index (χ0) is 22.3. The molecule has 0 heterocycles. The summed E-state index contributed by atoms with van der Waals surface area (Å²) < 4.78 is 43.8. The van der Waals surface area contributed by atoms with E-state index < -0.39 is 10.0 Å². The highest BCUT2D eigenvalue weighted by Gasteiger charge is 2.11. The lowest BCUT2D eigenvalue weighted by Gasteiger charge is -2.13. The molecule has 0 fully saturated rings. The summed E-state index contributed by atoms with van der Waals surface area (Å²) in [7, 11) is -0.629. The number of halogens is 1. The molecule has 8 heteroatoms. The molecule has 0 bridgehead atoms. The summed E-state index contributed by atoms with van der Waals surface area (Å²) in [6.45, 7) is 0.262. The Hall–Kier alpha value is -3.16. The summed E-state index contributed by atoms with van der Waals surface area (Å²) >= 11 is 5.93. The van der Waals surface area contributed by atoms with Gasteiger partial charge in [0.05, 0.1) is 25.3 Å². The second-order valence-electron chi connectivity index (χ2n) is 6.51. The van der Waals surface area contributed by atoms with Crippen LogP contribution in [-0.4, -0.2) is 22.6 Å². The van der Waals surface area contributed by atoms with Crippen molar-refractivity contribution >= 4 is 33.4 Å². The SMILES string of the molecule is COc1cccc(COc2cc(NS(=O)(=O)C=Cc3cccc(Cl)c3)ccc2OC)c1. The minimum atomic E-state index is -3.74. The van der Waals surface area contributed by atoms with Gasteiger partial charge in [0.1, 0.15) is 12.4 Å². The summed E-state index contributed by atoms with van der Waals surface area (Å²) in [6, 6.07) is 19.2. The second kappa shape index (κ2) is 10.2. The van der Waals surface area contributed by atoms with Crippen molar-refractivity contribution < 1.29 is 22.6 Å². The van der Waals surface area contributed by atoms with Gasteiger partial charge in [0.25, 0.3) is 10.0 Å². The molecule has 0 saturated heterocycles. The number of nitrogens with one attached hydrogen (secondary N) is 1. The number of sulfonamides is 1. The third-order valence-corrected chi connectivity index (χ3v) is 5.49. The molecule has 3 aromatic carbocycles. The van der Waals surface area contributed by atoms with Crippen LogP contribution in [0.15, 0.2) is 72.1 Å². The van der Waals surface area contributed by atoms with Gasteiger partial charge in [-0.3, -0.25) is 4.72 Å². The van der Waals surface area contributed by atoms with E-state index in [-0.39, 0.29) is 6.61 Å². The fourth-order valence-corrected chi connectivity index (χ4v) is 3.81. The van der Waals surface area contributed by atoms with Crippen LogP contribution >= 0.6 is 11.6 Å². The van der Waals surface area contributed by atoms with Crippen LogP contribution in [0.2, 0.25) is 5.02 Å². The van der Waals surface area contributed by atoms with Gasteiger partial charge < -0.3 is 14.2 Å². The van der Waals surface area contributed by atoms with Crippen molar-refractivity contribution in [2.75, 3.05) is 18.9 Å². The zero-order valence-corrected chi connectivity index (χ0v) is 18.6. The highest BCUT2D eigenvalue weighted by molar-refractivity contribution is 7.95. The number of methoxy groups -OCH3 is 2. The van der Waals surface area contributed by atoms with Crippen LogP contribution in [0.3, 0.4) is 0 Å².